The molecule has 15 heteroatoms. The molecular formula is C39H44N8O7. The molecule has 0 saturated carbocycles. The van der Waals surface area contributed by atoms with Crippen molar-refractivity contribution in [2.24, 2.45) is 0 Å². The molecule has 2 N–H and O–H groups in total. The molecule has 6 aromatic rings. The fourth-order valence-electron chi connectivity index (χ4n) is 5.80. The normalized spacial score (nSPS) is 11.4. The Balaban J connectivity index is 1.42. The van der Waals surface area contributed by atoms with E-state index in [4.69, 9.17) is 38.4 Å². The topological polar surface area (TPSA) is 169 Å². The Morgan fingerprint density at radius 2 is 1.72 bits per heavy atom. The predicted octanol–water partition coefficient (Wildman–Crippen LogP) is 6.44. The van der Waals surface area contributed by atoms with E-state index in [-0.39, 0.29) is 36.3 Å². The number of aryl methyl sites for hydroxylation is 3. The standard InChI is InChI=1S/C39H44N8O7/c1-9-47-33(34(24(3)45-47)52-22-25-13-11-10-12-14-25)37-44-32(30(53-37)20-42-38(49)54-39(4,5)6)31-28-19-40-23(2)21-46(28)35(43-31)36(48)41-18-26-15-16-27(50-7)17-29(26)51-8/h10-17,19,21H,9,18,20,22H2,1-8H3,(H,41,48)(H,42,49). The van der Waals surface area contributed by atoms with E-state index in [1.54, 1.807) is 68.6 Å². The summed E-state index contributed by atoms with van der Waals surface area (Å²) in [6.07, 6.45) is 2.70. The molecule has 15 nitrogen and oxygen atoms in total. The molecular weight excluding hydrogens is 692 g/mol. The number of carbonyl (C=O) groups excluding carboxylic acids is 2. The molecule has 0 aliphatic rings. The van der Waals surface area contributed by atoms with Gasteiger partial charge in [0.25, 0.3) is 5.91 Å². The summed E-state index contributed by atoms with van der Waals surface area (Å²) in [7, 11) is 3.13. The number of alkyl carbamates (subject to hydrolysis) is 1. The number of imidazole rings is 1. The summed E-state index contributed by atoms with van der Waals surface area (Å²) >= 11 is 0. The maximum atomic E-state index is 13.9. The maximum absolute atomic E-state index is 13.9. The number of nitrogens with zero attached hydrogens (tertiary/aromatic N) is 6. The molecule has 2 aromatic carbocycles. The van der Waals surface area contributed by atoms with Gasteiger partial charge in [-0.2, -0.15) is 5.10 Å². The van der Waals surface area contributed by atoms with Gasteiger partial charge in [-0.25, -0.2) is 14.8 Å². The predicted molar refractivity (Wildman–Crippen MR) is 199 cm³/mol. The summed E-state index contributed by atoms with van der Waals surface area (Å²) in [6.45, 7) is 11.8. The molecule has 0 radical (unpaired) electrons. The Bertz CT molecular complexity index is 2290. The van der Waals surface area contributed by atoms with Gasteiger partial charge in [-0.15, -0.1) is 0 Å². The number of amides is 2. The minimum atomic E-state index is -0.725. The van der Waals surface area contributed by atoms with Gasteiger partial charge in [-0.05, 0) is 59.2 Å². The number of nitrogens with one attached hydrogen (secondary N) is 2. The Morgan fingerprint density at radius 3 is 2.43 bits per heavy atom. The largest absolute Gasteiger partial charge is 0.497 e. The van der Waals surface area contributed by atoms with Gasteiger partial charge in [0.15, 0.2) is 17.2 Å². The fraction of sp³-hybridized carbons (Fsp3) is 0.333. The van der Waals surface area contributed by atoms with Gasteiger partial charge in [-0.1, -0.05) is 30.3 Å². The number of oxazole rings is 1. The number of hydrogen-bond acceptors (Lipinski definition) is 11. The van der Waals surface area contributed by atoms with Crippen molar-refractivity contribution in [1.29, 1.82) is 0 Å². The van der Waals surface area contributed by atoms with Crippen molar-refractivity contribution in [3.8, 4) is 40.2 Å². The van der Waals surface area contributed by atoms with Gasteiger partial charge in [-0.3, -0.25) is 18.9 Å². The summed E-state index contributed by atoms with van der Waals surface area (Å²) in [5.74, 6) is 1.79. The van der Waals surface area contributed by atoms with E-state index >= 15 is 0 Å². The smallest absolute Gasteiger partial charge is 0.408 e. The van der Waals surface area contributed by atoms with Crippen molar-refractivity contribution in [1.82, 2.24) is 39.8 Å². The van der Waals surface area contributed by atoms with Crippen molar-refractivity contribution in [2.75, 3.05) is 14.2 Å². The summed E-state index contributed by atoms with van der Waals surface area (Å²) in [6, 6.07) is 15.2. The van der Waals surface area contributed by atoms with E-state index in [9.17, 15) is 9.59 Å². The summed E-state index contributed by atoms with van der Waals surface area (Å²) in [5, 5.41) is 10.4. The summed E-state index contributed by atoms with van der Waals surface area (Å²) < 4.78 is 32.5. The van der Waals surface area contributed by atoms with Crippen molar-refractivity contribution >= 4 is 17.5 Å². The molecule has 282 valence electrons. The minimum absolute atomic E-state index is 0.0925. The maximum Gasteiger partial charge on any atom is 0.408 e. The van der Waals surface area contributed by atoms with Crippen LogP contribution in [0.15, 0.2) is 65.3 Å². The second-order valence-electron chi connectivity index (χ2n) is 13.4. The summed E-state index contributed by atoms with van der Waals surface area (Å²) in [4.78, 5) is 41.0. The Morgan fingerprint density at radius 1 is 0.944 bits per heavy atom. The van der Waals surface area contributed by atoms with Crippen LogP contribution in [0.5, 0.6) is 17.2 Å². The molecule has 2 amide bonds. The molecule has 0 atom stereocenters. The van der Waals surface area contributed by atoms with Gasteiger partial charge in [0.1, 0.15) is 40.8 Å². The number of carbonyl (C=O) groups is 2. The fourth-order valence-corrected chi connectivity index (χ4v) is 5.80. The Kier molecular flexibility index (Phi) is 10.9. The summed E-state index contributed by atoms with van der Waals surface area (Å²) in [5.41, 5.74) is 3.92. The van der Waals surface area contributed by atoms with Crippen LogP contribution in [0.1, 0.15) is 66.6 Å². The van der Waals surface area contributed by atoms with E-state index in [0.717, 1.165) is 11.1 Å². The van der Waals surface area contributed by atoms with Crippen LogP contribution in [0.25, 0.3) is 28.5 Å². The van der Waals surface area contributed by atoms with Crippen molar-refractivity contribution < 1.29 is 33.0 Å². The van der Waals surface area contributed by atoms with Gasteiger partial charge >= 0.3 is 6.09 Å². The lowest BCUT2D eigenvalue weighted by Gasteiger charge is -2.19. The number of aromatic nitrogens is 6. The molecule has 0 fully saturated rings. The molecule has 4 heterocycles. The molecule has 0 saturated heterocycles. The minimum Gasteiger partial charge on any atom is -0.497 e. The molecule has 6 rings (SSSR count). The third-order valence-corrected chi connectivity index (χ3v) is 8.31. The highest BCUT2D eigenvalue weighted by atomic mass is 16.6. The SMILES string of the molecule is CCn1nc(C)c(OCc2ccccc2)c1-c1nc(-c2nc(C(=O)NCc3ccc(OC)cc3OC)n3cc(C)ncc23)c(CNC(=O)OC(C)(C)C)o1. The van der Waals surface area contributed by atoms with Gasteiger partial charge < -0.3 is 34.0 Å². The van der Waals surface area contributed by atoms with Crippen molar-refractivity contribution in [3.05, 3.63) is 95.0 Å². The highest BCUT2D eigenvalue weighted by Crippen LogP contribution is 2.38. The molecule has 0 aliphatic heterocycles. The van der Waals surface area contributed by atoms with Crippen LogP contribution in [0.4, 0.5) is 4.79 Å². The van der Waals surface area contributed by atoms with Crippen LogP contribution in [0.2, 0.25) is 0 Å². The number of fused-ring (bicyclic) bond motifs is 1. The first kappa shape index (κ1) is 37.4. The molecule has 4 aromatic heterocycles. The zero-order valence-electron chi connectivity index (χ0n) is 31.6. The van der Waals surface area contributed by atoms with Crippen molar-refractivity contribution in [2.45, 2.75) is 73.4 Å². The third-order valence-electron chi connectivity index (χ3n) is 8.31. The van der Waals surface area contributed by atoms with Crippen LogP contribution < -0.4 is 24.8 Å². The van der Waals surface area contributed by atoms with Crippen LogP contribution in [-0.2, 0) is 31.0 Å². The number of methoxy groups -OCH3 is 2. The van der Waals surface area contributed by atoms with E-state index in [0.29, 0.717) is 58.7 Å². The number of rotatable bonds is 13. The van der Waals surface area contributed by atoms with Crippen LogP contribution in [0, 0.1) is 13.8 Å². The lowest BCUT2D eigenvalue weighted by atomic mass is 10.2. The lowest BCUT2D eigenvalue weighted by Crippen LogP contribution is -2.32. The quantitative estimate of drug-likeness (QED) is 0.134. The van der Waals surface area contributed by atoms with Crippen LogP contribution >= 0.6 is 0 Å². The molecule has 0 aliphatic carbocycles. The zero-order chi connectivity index (χ0) is 38.6. The van der Waals surface area contributed by atoms with E-state index in [1.807, 2.05) is 57.2 Å². The van der Waals surface area contributed by atoms with Gasteiger partial charge in [0.2, 0.25) is 11.7 Å². The van der Waals surface area contributed by atoms with Gasteiger partial charge in [0.05, 0.1) is 38.2 Å². The second-order valence-corrected chi connectivity index (χ2v) is 13.4. The van der Waals surface area contributed by atoms with E-state index in [1.165, 1.54) is 0 Å². The Labute approximate surface area is 312 Å². The first-order chi connectivity index (χ1) is 25.9. The van der Waals surface area contributed by atoms with Gasteiger partial charge in [0, 0.05) is 30.9 Å². The molecule has 0 bridgehead atoms. The average Bonchev–Trinajstić information content (AvgIpc) is 3.84. The first-order valence-electron chi connectivity index (χ1n) is 17.4. The number of ether oxygens (including phenoxy) is 4. The third kappa shape index (κ3) is 8.14. The Hall–Kier alpha value is -6.38. The highest BCUT2D eigenvalue weighted by molar-refractivity contribution is 5.94. The van der Waals surface area contributed by atoms with E-state index < -0.39 is 17.6 Å². The second kappa shape index (κ2) is 15.7. The monoisotopic (exact) mass is 736 g/mol. The molecule has 0 spiro atoms. The zero-order valence-corrected chi connectivity index (χ0v) is 31.6. The number of benzene rings is 2. The lowest BCUT2D eigenvalue weighted by molar-refractivity contribution is 0.0520. The number of hydrogen-bond donors (Lipinski definition) is 2. The van der Waals surface area contributed by atoms with Crippen LogP contribution in [-0.4, -0.2) is 61.0 Å². The molecule has 54 heavy (non-hydrogen) atoms. The first-order valence-corrected chi connectivity index (χ1v) is 17.4. The highest BCUT2D eigenvalue weighted by Gasteiger charge is 2.29. The van der Waals surface area contributed by atoms with Crippen LogP contribution in [0.3, 0.4) is 0 Å². The van der Waals surface area contributed by atoms with E-state index in [2.05, 4.69) is 15.6 Å². The van der Waals surface area contributed by atoms with Crippen molar-refractivity contribution in [3.63, 3.8) is 0 Å². The average molecular weight is 737 g/mol. The molecule has 0 unspecified atom stereocenters.